The molecule has 0 aliphatic heterocycles. The maximum absolute atomic E-state index is 15.3. The minimum absolute atomic E-state index is 0.00855. The standard InChI is InChI=1S/C47H103O22P7S7/c1-24-56-47(48)25-26-77-75(54,66-42(19)27-78-70(49,46(23)32-83-74(53,63-39(14)15)64-40(16)17)65-41(18)28-79-71(50,57-33(2)3)58-34(4)5)67-43(20)31-82-76(55,68-44(21)29-80-72(51,59-35(6)7)60-36(8)9)69-45(22)30-81-73(52,61-37(10)11)62-38(12)13/h33-46,53,74H,24-32H2,1-23H3. The van der Waals surface area contributed by atoms with Crippen molar-refractivity contribution in [2.75, 3.05) is 46.9 Å². The summed E-state index contributed by atoms with van der Waals surface area (Å²) < 4.78 is 169. The van der Waals surface area contributed by atoms with Crippen LogP contribution in [-0.4, -0.2) is 143 Å². The molecule has 8 atom stereocenters. The van der Waals surface area contributed by atoms with Crippen LogP contribution < -0.4 is 0 Å². The molecule has 36 heteroatoms. The monoisotopic (exact) mass is 1460 g/mol. The molecule has 0 heterocycles. The van der Waals surface area contributed by atoms with E-state index in [9.17, 15) is 32.5 Å². The van der Waals surface area contributed by atoms with Gasteiger partial charge in [0.25, 0.3) is 0 Å². The molecule has 0 saturated heterocycles. The van der Waals surface area contributed by atoms with E-state index in [4.69, 9.17) is 63.5 Å². The van der Waals surface area contributed by atoms with Gasteiger partial charge in [-0.2, -0.15) is 0 Å². The van der Waals surface area contributed by atoms with Gasteiger partial charge in [0, 0.05) is 11.5 Å². The molecular weight excluding hydrogens is 1360 g/mol. The van der Waals surface area contributed by atoms with Crippen molar-refractivity contribution in [2.24, 2.45) is 0 Å². The van der Waals surface area contributed by atoms with Crippen molar-refractivity contribution < 1.29 is 101 Å². The first kappa shape index (κ1) is 86.2. The van der Waals surface area contributed by atoms with Crippen LogP contribution in [0.3, 0.4) is 0 Å². The molecule has 0 aliphatic rings. The van der Waals surface area contributed by atoms with Gasteiger partial charge in [0.05, 0.1) is 43.2 Å². The molecule has 0 fully saturated rings. The van der Waals surface area contributed by atoms with Gasteiger partial charge in [-0.1, -0.05) is 0 Å². The number of hydrogen-bond donors (Lipinski definition) is 1. The summed E-state index contributed by atoms with van der Waals surface area (Å²) in [6.07, 6.45) is -7.86. The molecule has 0 rings (SSSR count). The number of ether oxygens (including phenoxy) is 1. The topological polar surface area (TPSA) is 269 Å². The summed E-state index contributed by atoms with van der Waals surface area (Å²) in [5, 5.41) is 0. The predicted molar refractivity (Wildman–Crippen MR) is 357 cm³/mol. The summed E-state index contributed by atoms with van der Waals surface area (Å²) in [5.41, 5.74) is -0.743. The van der Waals surface area contributed by atoms with E-state index in [-0.39, 0.29) is 65.5 Å². The van der Waals surface area contributed by atoms with Gasteiger partial charge < -0.3 is 4.74 Å². The Kier molecular flexibility index (Phi) is 43.4. The molecule has 0 aromatic carbocycles. The normalized spacial score (nSPS) is 18.0. The Balaban J connectivity index is 7.07. The van der Waals surface area contributed by atoms with E-state index in [2.05, 4.69) is 0 Å². The van der Waals surface area contributed by atoms with Gasteiger partial charge >= 0.3 is 316 Å². The number of carbonyl (C=O) groups excluding carboxylic acids is 1. The van der Waals surface area contributed by atoms with Crippen LogP contribution in [0.5, 0.6) is 0 Å². The van der Waals surface area contributed by atoms with Gasteiger partial charge in [-0.25, -0.2) is 13.7 Å². The first-order chi connectivity index (χ1) is 37.9. The van der Waals surface area contributed by atoms with Gasteiger partial charge in [0.2, 0.25) is 0 Å². The van der Waals surface area contributed by atoms with Crippen molar-refractivity contribution in [3.05, 3.63) is 0 Å². The Labute approximate surface area is 527 Å². The third-order valence-electron chi connectivity index (χ3n) is 8.64. The van der Waals surface area contributed by atoms with Gasteiger partial charge in [0.15, 0.2) is 0 Å². The Morgan fingerprint density at radius 2 is 0.639 bits per heavy atom. The van der Waals surface area contributed by atoms with Gasteiger partial charge in [-0.05, 0) is 110 Å². The Morgan fingerprint density at radius 1 is 0.373 bits per heavy atom. The van der Waals surface area contributed by atoms with Gasteiger partial charge in [-0.3, -0.25) is 31.9 Å². The first-order valence-electron chi connectivity index (χ1n) is 27.8. The second-order valence-corrected chi connectivity index (χ2v) is 51.0. The van der Waals surface area contributed by atoms with Crippen LogP contribution in [-0.2, 0) is 95.7 Å². The summed E-state index contributed by atoms with van der Waals surface area (Å²) in [4.78, 5) is 24.1. The zero-order valence-electron chi connectivity index (χ0n) is 53.0. The summed E-state index contributed by atoms with van der Waals surface area (Å²) >= 11 is 6.21. The van der Waals surface area contributed by atoms with Gasteiger partial charge in [-0.15, -0.1) is 0 Å². The molecule has 0 aromatic rings. The number of carbonyl (C=O) groups is 1. The zero-order chi connectivity index (χ0) is 64.4. The molecule has 0 amide bonds. The molecule has 500 valence electrons. The van der Waals surface area contributed by atoms with Crippen LogP contribution >= 0.6 is 127 Å². The molecule has 0 spiro atoms. The molecule has 1 N–H and O–H groups in total. The Bertz CT molecular complexity index is 2030. The van der Waals surface area contributed by atoms with Gasteiger partial charge in [0.1, 0.15) is 0 Å². The van der Waals surface area contributed by atoms with Crippen LogP contribution in [0, 0.1) is 0 Å². The summed E-state index contributed by atoms with van der Waals surface area (Å²) in [6, 6.07) is 0. The van der Waals surface area contributed by atoms with Crippen molar-refractivity contribution in [2.45, 2.75) is 251 Å². The van der Waals surface area contributed by atoms with E-state index in [1.807, 2.05) is 0 Å². The van der Waals surface area contributed by atoms with Crippen LogP contribution in [0.1, 0.15) is 166 Å². The second-order valence-electron chi connectivity index (χ2n) is 21.2. The van der Waals surface area contributed by atoms with E-state index in [1.54, 1.807) is 159 Å². The SMILES string of the molecule is CCOC(=O)CCSP(=O)(OC(C)CSP(=O)(OC(C)CSP(=O)(OC(C)C)OC(C)C)OC(C)CSP(=O)(OC(C)C)OC(C)C)OC(C)CSP(=O)(OC(C)CSP(=O)(OC(C)C)OC(C)C)C(C)CS[PH](O)(OC(C)C)OC(C)C. The first-order valence-corrected chi connectivity index (χ1v) is 50.2. The molecule has 0 radical (unpaired) electrons. The predicted octanol–water partition coefficient (Wildman–Crippen LogP) is 19.0. The quantitative estimate of drug-likeness (QED) is 0.0438. The van der Waals surface area contributed by atoms with E-state index in [0.717, 1.165) is 79.7 Å². The fourth-order valence-electron chi connectivity index (χ4n) is 6.00. The van der Waals surface area contributed by atoms with Crippen molar-refractivity contribution >= 4 is 133 Å². The zero-order valence-corrected chi connectivity index (χ0v) is 65.1. The third kappa shape index (κ3) is 40.8. The van der Waals surface area contributed by atoms with E-state index < -0.39 is 126 Å². The molecule has 22 nitrogen and oxygen atoms in total. The average Bonchev–Trinajstić information content (AvgIpc) is 3.29. The minimum atomic E-state index is -4.27. The number of rotatable bonds is 50. The molecule has 0 aliphatic carbocycles. The van der Waals surface area contributed by atoms with E-state index in [1.165, 1.54) is 0 Å². The van der Waals surface area contributed by atoms with Crippen LogP contribution in [0.15, 0.2) is 0 Å². The molecule has 83 heavy (non-hydrogen) atoms. The van der Waals surface area contributed by atoms with Crippen LogP contribution in [0.25, 0.3) is 0 Å². The van der Waals surface area contributed by atoms with Crippen molar-refractivity contribution in [1.82, 2.24) is 0 Å². The van der Waals surface area contributed by atoms with E-state index in [0.29, 0.717) is 0 Å². The van der Waals surface area contributed by atoms with E-state index >= 15 is 4.57 Å². The fraction of sp³-hybridized carbons (Fsp3) is 0.979. The number of esters is 1. The number of hydrogen-bond acceptors (Lipinski definition) is 29. The van der Waals surface area contributed by atoms with Crippen LogP contribution in [0.2, 0.25) is 0 Å². The van der Waals surface area contributed by atoms with Crippen molar-refractivity contribution in [1.29, 1.82) is 0 Å². The summed E-state index contributed by atoms with van der Waals surface area (Å²) in [7, 11) is -3.86. The average molecular weight is 1460 g/mol. The molecular formula is C47H103O22P7S7. The summed E-state index contributed by atoms with van der Waals surface area (Å²) in [6.45, 7) is 16.1. The third-order valence-corrected chi connectivity index (χ3v) is 40.0. The Morgan fingerprint density at radius 3 is 0.916 bits per heavy atom. The maximum atomic E-state index is 15.3. The fourth-order valence-corrected chi connectivity index (χ4v) is 38.1. The molecule has 8 unspecified atom stereocenters. The van der Waals surface area contributed by atoms with Crippen LogP contribution in [0.4, 0.5) is 0 Å². The second kappa shape index (κ2) is 41.8. The van der Waals surface area contributed by atoms with Crippen molar-refractivity contribution in [3.8, 4) is 0 Å². The molecule has 0 saturated carbocycles. The van der Waals surface area contributed by atoms with Crippen molar-refractivity contribution in [3.63, 3.8) is 0 Å². The summed E-state index contributed by atoms with van der Waals surface area (Å²) in [5.74, 6) is -0.615. The molecule has 0 aromatic heterocycles. The molecule has 0 bridgehead atoms. The Hall–Kier alpha value is 3.17.